The van der Waals surface area contributed by atoms with Crippen molar-refractivity contribution in [3.63, 3.8) is 0 Å². The molecule has 0 radical (unpaired) electrons. The molecule has 0 aliphatic heterocycles. The molecule has 0 bridgehead atoms. The number of hydrogen-bond acceptors (Lipinski definition) is 2. The molecule has 2 aromatic rings. The van der Waals surface area contributed by atoms with Gasteiger partial charge in [-0.05, 0) is 36.2 Å². The van der Waals surface area contributed by atoms with E-state index in [1.54, 1.807) is 0 Å². The molecule has 1 N–H and O–H groups in total. The normalized spacial score (nSPS) is 10.2. The fourth-order valence-corrected chi connectivity index (χ4v) is 1.97. The third kappa shape index (κ3) is 4.18. The van der Waals surface area contributed by atoms with Gasteiger partial charge < -0.3 is 10.1 Å². The number of anilines is 1. The monoisotopic (exact) mass is 275 g/mol. The predicted octanol–water partition coefficient (Wildman–Crippen LogP) is 4.74. The van der Waals surface area contributed by atoms with Crippen LogP contribution in [-0.2, 0) is 6.54 Å². The molecule has 0 saturated heterocycles. The molecule has 0 fully saturated rings. The number of benzene rings is 2. The Morgan fingerprint density at radius 3 is 2.74 bits per heavy atom. The van der Waals surface area contributed by atoms with Crippen LogP contribution in [0.2, 0.25) is 5.02 Å². The van der Waals surface area contributed by atoms with Gasteiger partial charge in [-0.3, -0.25) is 0 Å². The van der Waals surface area contributed by atoms with E-state index in [9.17, 15) is 0 Å². The Kier molecular flexibility index (Phi) is 5.10. The molecule has 3 heteroatoms. The number of ether oxygens (including phenoxy) is 1. The van der Waals surface area contributed by atoms with Crippen molar-refractivity contribution < 1.29 is 4.74 Å². The topological polar surface area (TPSA) is 21.3 Å². The largest absolute Gasteiger partial charge is 0.494 e. The van der Waals surface area contributed by atoms with Gasteiger partial charge in [-0.25, -0.2) is 0 Å². The molecule has 100 valence electrons. The molecule has 0 spiro atoms. The standard InChI is InChI=1S/C16H18ClNO/c1-2-10-19-14-7-5-6-13(11-14)12-18-16-9-4-3-8-15(16)17/h3-9,11,18H,2,10,12H2,1H3. The first-order valence-electron chi connectivity index (χ1n) is 6.49. The summed E-state index contributed by atoms with van der Waals surface area (Å²) < 4.78 is 5.62. The van der Waals surface area contributed by atoms with Crippen LogP contribution in [-0.4, -0.2) is 6.61 Å². The molecular formula is C16H18ClNO. The van der Waals surface area contributed by atoms with Gasteiger partial charge in [0.05, 0.1) is 17.3 Å². The summed E-state index contributed by atoms with van der Waals surface area (Å²) in [5, 5.41) is 4.06. The number of hydrogen-bond donors (Lipinski definition) is 1. The van der Waals surface area contributed by atoms with Crippen molar-refractivity contribution in [2.45, 2.75) is 19.9 Å². The third-order valence-corrected chi connectivity index (χ3v) is 3.06. The maximum absolute atomic E-state index is 6.10. The van der Waals surface area contributed by atoms with Gasteiger partial charge in [0.25, 0.3) is 0 Å². The van der Waals surface area contributed by atoms with Gasteiger partial charge in [0.1, 0.15) is 5.75 Å². The highest BCUT2D eigenvalue weighted by Crippen LogP contribution is 2.22. The predicted molar refractivity (Wildman–Crippen MR) is 81.0 cm³/mol. The van der Waals surface area contributed by atoms with Crippen molar-refractivity contribution in [3.8, 4) is 5.75 Å². The maximum Gasteiger partial charge on any atom is 0.119 e. The van der Waals surface area contributed by atoms with Gasteiger partial charge in [0, 0.05) is 6.54 Å². The van der Waals surface area contributed by atoms with Crippen molar-refractivity contribution in [2.75, 3.05) is 11.9 Å². The lowest BCUT2D eigenvalue weighted by Crippen LogP contribution is -2.01. The highest BCUT2D eigenvalue weighted by molar-refractivity contribution is 6.33. The average Bonchev–Trinajstić information content (AvgIpc) is 2.45. The number of nitrogens with one attached hydrogen (secondary N) is 1. The zero-order valence-corrected chi connectivity index (χ0v) is 11.8. The molecule has 0 atom stereocenters. The molecule has 2 aromatic carbocycles. The Morgan fingerprint density at radius 1 is 1.11 bits per heavy atom. The lowest BCUT2D eigenvalue weighted by Gasteiger charge is -2.10. The summed E-state index contributed by atoms with van der Waals surface area (Å²) in [6.45, 7) is 3.58. The van der Waals surface area contributed by atoms with E-state index in [4.69, 9.17) is 16.3 Å². The van der Waals surface area contributed by atoms with Crippen molar-refractivity contribution in [1.82, 2.24) is 0 Å². The Bertz CT molecular complexity index is 528. The summed E-state index contributed by atoms with van der Waals surface area (Å²) in [4.78, 5) is 0. The fourth-order valence-electron chi connectivity index (χ4n) is 1.77. The van der Waals surface area contributed by atoms with Gasteiger partial charge in [-0.15, -0.1) is 0 Å². The molecular weight excluding hydrogens is 258 g/mol. The molecule has 0 amide bonds. The van der Waals surface area contributed by atoms with Crippen molar-refractivity contribution in [3.05, 3.63) is 59.1 Å². The molecule has 0 aliphatic carbocycles. The number of halogens is 1. The Hall–Kier alpha value is -1.67. The van der Waals surface area contributed by atoms with Gasteiger partial charge in [0.2, 0.25) is 0 Å². The van der Waals surface area contributed by atoms with Gasteiger partial charge in [-0.2, -0.15) is 0 Å². The quantitative estimate of drug-likeness (QED) is 0.822. The molecule has 0 aromatic heterocycles. The second kappa shape index (κ2) is 7.05. The molecule has 0 heterocycles. The summed E-state index contributed by atoms with van der Waals surface area (Å²) in [6.07, 6.45) is 1.02. The van der Waals surface area contributed by atoms with Gasteiger partial charge >= 0.3 is 0 Å². The van der Waals surface area contributed by atoms with Crippen molar-refractivity contribution >= 4 is 17.3 Å². The van der Waals surface area contributed by atoms with Crippen LogP contribution in [0.15, 0.2) is 48.5 Å². The lowest BCUT2D eigenvalue weighted by molar-refractivity contribution is 0.317. The van der Waals surface area contributed by atoms with E-state index in [1.165, 1.54) is 5.56 Å². The Balaban J connectivity index is 1.98. The van der Waals surface area contributed by atoms with Crippen LogP contribution >= 0.6 is 11.6 Å². The van der Waals surface area contributed by atoms with Crippen LogP contribution in [0.1, 0.15) is 18.9 Å². The van der Waals surface area contributed by atoms with E-state index in [1.807, 2.05) is 36.4 Å². The van der Waals surface area contributed by atoms with E-state index >= 15 is 0 Å². The minimum absolute atomic E-state index is 0.729. The van der Waals surface area contributed by atoms with Crippen LogP contribution in [0.25, 0.3) is 0 Å². The highest BCUT2D eigenvalue weighted by Gasteiger charge is 2.00. The Morgan fingerprint density at radius 2 is 1.95 bits per heavy atom. The smallest absolute Gasteiger partial charge is 0.119 e. The van der Waals surface area contributed by atoms with E-state index in [0.29, 0.717) is 0 Å². The number of rotatable bonds is 6. The van der Waals surface area contributed by atoms with E-state index in [-0.39, 0.29) is 0 Å². The summed E-state index contributed by atoms with van der Waals surface area (Å²) in [6, 6.07) is 15.9. The molecule has 2 rings (SSSR count). The fraction of sp³-hybridized carbons (Fsp3) is 0.250. The molecule has 0 saturated carbocycles. The van der Waals surface area contributed by atoms with Crippen LogP contribution in [0.5, 0.6) is 5.75 Å². The van der Waals surface area contributed by atoms with Gasteiger partial charge in [0.15, 0.2) is 0 Å². The van der Waals surface area contributed by atoms with E-state index in [0.717, 1.165) is 36.0 Å². The zero-order chi connectivity index (χ0) is 13.5. The second-order valence-electron chi connectivity index (χ2n) is 4.33. The van der Waals surface area contributed by atoms with E-state index in [2.05, 4.69) is 24.4 Å². The van der Waals surface area contributed by atoms with Crippen LogP contribution in [0.4, 0.5) is 5.69 Å². The Labute approximate surface area is 119 Å². The first-order valence-corrected chi connectivity index (χ1v) is 6.87. The zero-order valence-electron chi connectivity index (χ0n) is 11.0. The minimum atomic E-state index is 0.729. The van der Waals surface area contributed by atoms with E-state index < -0.39 is 0 Å². The molecule has 0 aliphatic rings. The summed E-state index contributed by atoms with van der Waals surface area (Å²) in [5.41, 5.74) is 2.12. The number of para-hydroxylation sites is 1. The molecule has 2 nitrogen and oxygen atoms in total. The lowest BCUT2D eigenvalue weighted by atomic mass is 10.2. The SMILES string of the molecule is CCCOc1cccc(CNc2ccccc2Cl)c1. The summed E-state index contributed by atoms with van der Waals surface area (Å²) in [7, 11) is 0. The van der Waals surface area contributed by atoms with Crippen molar-refractivity contribution in [1.29, 1.82) is 0 Å². The molecule has 19 heavy (non-hydrogen) atoms. The van der Waals surface area contributed by atoms with Crippen molar-refractivity contribution in [2.24, 2.45) is 0 Å². The van der Waals surface area contributed by atoms with Crippen LogP contribution in [0, 0.1) is 0 Å². The average molecular weight is 276 g/mol. The van der Waals surface area contributed by atoms with Crippen LogP contribution in [0.3, 0.4) is 0 Å². The third-order valence-electron chi connectivity index (χ3n) is 2.73. The molecule has 0 unspecified atom stereocenters. The highest BCUT2D eigenvalue weighted by atomic mass is 35.5. The first kappa shape index (κ1) is 13.8. The second-order valence-corrected chi connectivity index (χ2v) is 4.74. The maximum atomic E-state index is 6.10. The van der Waals surface area contributed by atoms with Gasteiger partial charge in [-0.1, -0.05) is 42.8 Å². The van der Waals surface area contributed by atoms with Crippen LogP contribution < -0.4 is 10.1 Å². The first-order chi connectivity index (χ1) is 9.29. The summed E-state index contributed by atoms with van der Waals surface area (Å²) >= 11 is 6.10. The minimum Gasteiger partial charge on any atom is -0.494 e. The summed E-state index contributed by atoms with van der Waals surface area (Å²) in [5.74, 6) is 0.917.